The third-order valence-electron chi connectivity index (χ3n) is 8.34. The molecule has 0 aliphatic carbocycles. The van der Waals surface area contributed by atoms with Crippen LogP contribution >= 0.6 is 11.6 Å². The molecule has 0 radical (unpaired) electrons. The van der Waals surface area contributed by atoms with Gasteiger partial charge in [0.2, 0.25) is 5.91 Å². The Morgan fingerprint density at radius 3 is 2.58 bits per heavy atom. The highest BCUT2D eigenvalue weighted by atomic mass is 35.5. The fourth-order valence-electron chi connectivity index (χ4n) is 6.20. The maximum atomic E-state index is 15.1. The number of carbonyl (C=O) groups is 2. The van der Waals surface area contributed by atoms with Crippen molar-refractivity contribution in [2.45, 2.75) is 24.8 Å². The average molecular weight is 610 g/mol. The Bertz CT molecular complexity index is 1640. The zero-order valence-corrected chi connectivity index (χ0v) is 24.2. The molecular weight excluding hydrogens is 580 g/mol. The van der Waals surface area contributed by atoms with Gasteiger partial charge in [-0.15, -0.1) is 15.3 Å². The van der Waals surface area contributed by atoms with Crippen LogP contribution in [0.2, 0.25) is 5.02 Å². The first-order chi connectivity index (χ1) is 20.8. The summed E-state index contributed by atoms with van der Waals surface area (Å²) < 4.78 is 35.6. The first-order valence-electron chi connectivity index (χ1n) is 14.1. The maximum Gasteiger partial charge on any atom is 0.410 e. The van der Waals surface area contributed by atoms with Gasteiger partial charge in [-0.3, -0.25) is 9.69 Å². The van der Waals surface area contributed by atoms with E-state index in [2.05, 4.69) is 15.3 Å². The van der Waals surface area contributed by atoms with Crippen LogP contribution in [0.1, 0.15) is 35.9 Å². The molecule has 2 aromatic heterocycles. The van der Waals surface area contributed by atoms with E-state index < -0.39 is 29.6 Å². The van der Waals surface area contributed by atoms with Crippen molar-refractivity contribution >= 4 is 35.1 Å². The van der Waals surface area contributed by atoms with Gasteiger partial charge in [-0.05, 0) is 54.3 Å². The van der Waals surface area contributed by atoms with E-state index >= 15 is 4.39 Å². The minimum atomic E-state index is -0.692. The quantitative estimate of drug-likeness (QED) is 0.331. The van der Waals surface area contributed by atoms with Crippen molar-refractivity contribution in [3.05, 3.63) is 88.7 Å². The number of halogens is 3. The Labute approximate surface area is 251 Å². The Kier molecular flexibility index (Phi) is 8.11. The number of hydrogen-bond donors (Lipinski definition) is 0. The lowest BCUT2D eigenvalue weighted by Gasteiger charge is -2.37. The molecule has 0 saturated carbocycles. The lowest BCUT2D eigenvalue weighted by Crippen LogP contribution is -2.47. The SMILES string of the molecule is COC(=O)N1CCN(C(=O)[C@@H]2CN(c3ccc4nncn4n3)CC2c2ccc(F)cc2F)CCC[C@H]1c1ccc(Cl)cc1. The van der Waals surface area contributed by atoms with Crippen molar-refractivity contribution in [2.75, 3.05) is 44.7 Å². The number of aromatic nitrogens is 4. The summed E-state index contributed by atoms with van der Waals surface area (Å²) in [4.78, 5) is 32.4. The second-order valence-corrected chi connectivity index (χ2v) is 11.2. The number of nitrogens with zero attached hydrogens (tertiary/aromatic N) is 7. The summed E-state index contributed by atoms with van der Waals surface area (Å²) in [5, 5.41) is 13.0. The molecule has 4 aromatic rings. The smallest absolute Gasteiger partial charge is 0.410 e. The van der Waals surface area contributed by atoms with E-state index in [-0.39, 0.29) is 37.1 Å². The summed E-state index contributed by atoms with van der Waals surface area (Å²) in [6.07, 6.45) is 2.24. The van der Waals surface area contributed by atoms with E-state index in [0.717, 1.165) is 11.6 Å². The molecule has 43 heavy (non-hydrogen) atoms. The topological polar surface area (TPSA) is 96.2 Å². The minimum absolute atomic E-state index is 0.156. The number of ether oxygens (including phenoxy) is 1. The molecule has 10 nitrogen and oxygen atoms in total. The third kappa shape index (κ3) is 5.83. The molecule has 3 atom stereocenters. The number of anilines is 1. The van der Waals surface area contributed by atoms with Crippen LogP contribution in [0, 0.1) is 17.6 Å². The highest BCUT2D eigenvalue weighted by molar-refractivity contribution is 6.30. The number of fused-ring (bicyclic) bond motifs is 1. The Hall–Kier alpha value is -4.32. The minimum Gasteiger partial charge on any atom is -0.453 e. The van der Waals surface area contributed by atoms with Crippen LogP contribution in [0.3, 0.4) is 0 Å². The monoisotopic (exact) mass is 609 g/mol. The van der Waals surface area contributed by atoms with Gasteiger partial charge in [0.25, 0.3) is 0 Å². The molecule has 0 spiro atoms. The molecule has 0 N–H and O–H groups in total. The number of carbonyl (C=O) groups excluding carboxylic acids is 2. The molecular formula is C30H30ClF2N7O3. The van der Waals surface area contributed by atoms with Crippen LogP contribution in [0.5, 0.6) is 0 Å². The molecule has 2 amide bonds. The first-order valence-corrected chi connectivity index (χ1v) is 14.5. The summed E-state index contributed by atoms with van der Waals surface area (Å²) >= 11 is 6.09. The predicted octanol–water partition coefficient (Wildman–Crippen LogP) is 4.71. The van der Waals surface area contributed by atoms with Crippen molar-refractivity contribution in [3.8, 4) is 0 Å². The van der Waals surface area contributed by atoms with Crippen molar-refractivity contribution in [1.29, 1.82) is 0 Å². The third-order valence-corrected chi connectivity index (χ3v) is 8.59. The number of amides is 2. The standard InChI is InChI=1S/C30H30ClF2N7O3/c1-43-30(42)39-14-13-37(12-2-3-26(39)19-4-6-20(31)7-5-19)29(41)24-17-38(28-11-10-27-35-34-18-40(27)36-28)16-23(24)22-9-8-21(32)15-25(22)33/h4-11,15,18,23-24,26H,2-3,12-14,16-17H2,1H3/t23?,24-,26+/m1/s1. The van der Waals surface area contributed by atoms with Crippen LogP contribution < -0.4 is 4.90 Å². The number of methoxy groups -OCH3 is 1. The van der Waals surface area contributed by atoms with Gasteiger partial charge in [-0.25, -0.2) is 13.6 Å². The predicted molar refractivity (Wildman–Crippen MR) is 155 cm³/mol. The largest absolute Gasteiger partial charge is 0.453 e. The van der Waals surface area contributed by atoms with E-state index in [4.69, 9.17) is 16.3 Å². The summed E-state index contributed by atoms with van der Waals surface area (Å²) in [6, 6.07) is 14.2. The molecule has 224 valence electrons. The highest BCUT2D eigenvalue weighted by Crippen LogP contribution is 2.38. The van der Waals surface area contributed by atoms with Crippen LogP contribution in [0.4, 0.5) is 19.4 Å². The second-order valence-electron chi connectivity index (χ2n) is 10.8. The fraction of sp³-hybridized carbons (Fsp3) is 0.367. The van der Waals surface area contributed by atoms with Crippen LogP contribution in [0.25, 0.3) is 5.65 Å². The van der Waals surface area contributed by atoms with E-state index in [1.807, 2.05) is 17.0 Å². The van der Waals surface area contributed by atoms with Crippen LogP contribution in [-0.4, -0.2) is 81.4 Å². The van der Waals surface area contributed by atoms with Gasteiger partial charge in [-0.1, -0.05) is 29.8 Å². The number of rotatable bonds is 4. The zero-order chi connectivity index (χ0) is 30.1. The molecule has 4 heterocycles. The van der Waals surface area contributed by atoms with Gasteiger partial charge in [0.1, 0.15) is 23.8 Å². The first kappa shape index (κ1) is 28.8. The van der Waals surface area contributed by atoms with Gasteiger partial charge in [0.05, 0.1) is 19.1 Å². The van der Waals surface area contributed by atoms with Crippen LogP contribution in [-0.2, 0) is 9.53 Å². The van der Waals surface area contributed by atoms with Crippen molar-refractivity contribution in [1.82, 2.24) is 29.6 Å². The molecule has 2 fully saturated rings. The zero-order valence-electron chi connectivity index (χ0n) is 23.4. The van der Waals surface area contributed by atoms with Crippen molar-refractivity contribution in [2.24, 2.45) is 5.92 Å². The van der Waals surface area contributed by atoms with E-state index in [1.54, 1.807) is 34.1 Å². The molecule has 13 heteroatoms. The van der Waals surface area contributed by atoms with Gasteiger partial charge >= 0.3 is 6.09 Å². The van der Waals surface area contributed by atoms with Gasteiger partial charge in [-0.2, -0.15) is 4.52 Å². The Balaban J connectivity index is 1.27. The summed E-state index contributed by atoms with van der Waals surface area (Å²) in [5.41, 5.74) is 1.79. The lowest BCUT2D eigenvalue weighted by atomic mass is 9.87. The molecule has 2 aliphatic rings. The van der Waals surface area contributed by atoms with Gasteiger partial charge < -0.3 is 14.5 Å². The molecule has 2 aliphatic heterocycles. The number of benzene rings is 2. The van der Waals surface area contributed by atoms with E-state index in [0.29, 0.717) is 42.4 Å². The van der Waals surface area contributed by atoms with Gasteiger partial charge in [0, 0.05) is 49.7 Å². The molecule has 2 aromatic carbocycles. The molecule has 6 rings (SSSR count). The summed E-state index contributed by atoms with van der Waals surface area (Å²) in [7, 11) is 1.34. The van der Waals surface area contributed by atoms with Crippen molar-refractivity contribution < 1.29 is 23.1 Å². The van der Waals surface area contributed by atoms with E-state index in [9.17, 15) is 14.0 Å². The summed E-state index contributed by atoms with van der Waals surface area (Å²) in [5.74, 6) is -2.11. The van der Waals surface area contributed by atoms with Crippen LogP contribution in [0.15, 0.2) is 60.9 Å². The lowest BCUT2D eigenvalue weighted by molar-refractivity contribution is -0.136. The normalized spacial score (nSPS) is 21.1. The number of hydrogen-bond acceptors (Lipinski definition) is 7. The second kappa shape index (κ2) is 12.1. The van der Waals surface area contributed by atoms with Crippen molar-refractivity contribution in [3.63, 3.8) is 0 Å². The Morgan fingerprint density at radius 2 is 1.81 bits per heavy atom. The molecule has 2 saturated heterocycles. The average Bonchev–Trinajstić information content (AvgIpc) is 3.64. The Morgan fingerprint density at radius 1 is 1.00 bits per heavy atom. The van der Waals surface area contributed by atoms with E-state index in [1.165, 1.54) is 30.1 Å². The highest BCUT2D eigenvalue weighted by Gasteiger charge is 2.43. The van der Waals surface area contributed by atoms with Gasteiger partial charge in [0.15, 0.2) is 5.65 Å². The summed E-state index contributed by atoms with van der Waals surface area (Å²) in [6.45, 7) is 1.59. The fourth-order valence-corrected chi connectivity index (χ4v) is 6.32. The molecule has 0 bridgehead atoms. The molecule has 1 unspecified atom stereocenters. The maximum absolute atomic E-state index is 15.1.